The molecule has 4 nitrogen and oxygen atoms in total. The summed E-state index contributed by atoms with van der Waals surface area (Å²) in [6, 6.07) is 3.85. The molecule has 0 aromatic heterocycles. The molecule has 6 heteroatoms. The molecule has 0 saturated carbocycles. The molecule has 1 aromatic carbocycles. The second kappa shape index (κ2) is 5.84. The van der Waals surface area contributed by atoms with E-state index < -0.39 is 0 Å². The van der Waals surface area contributed by atoms with Gasteiger partial charge in [0.15, 0.2) is 11.5 Å². The number of fused-ring (bicyclic) bond motifs is 1. The van der Waals surface area contributed by atoms with Crippen molar-refractivity contribution < 1.29 is 14.3 Å². The molecule has 0 spiro atoms. The van der Waals surface area contributed by atoms with Gasteiger partial charge in [-0.3, -0.25) is 4.79 Å². The summed E-state index contributed by atoms with van der Waals surface area (Å²) in [5.41, 5.74) is 6.30. The smallest absolute Gasteiger partial charge is 0.230 e. The first-order valence-corrected chi connectivity index (χ1v) is 7.41. The van der Waals surface area contributed by atoms with E-state index in [-0.39, 0.29) is 11.2 Å². The van der Waals surface area contributed by atoms with Crippen molar-refractivity contribution in [2.45, 2.75) is 17.9 Å². The van der Waals surface area contributed by atoms with Gasteiger partial charge >= 0.3 is 0 Å². The highest BCUT2D eigenvalue weighted by Crippen LogP contribution is 2.37. The molecule has 2 N–H and O–H groups in total. The zero-order valence-electron chi connectivity index (χ0n) is 9.94. The van der Waals surface area contributed by atoms with Crippen molar-refractivity contribution in [2.75, 3.05) is 13.2 Å². The summed E-state index contributed by atoms with van der Waals surface area (Å²) >= 11 is 5.00. The van der Waals surface area contributed by atoms with Crippen molar-refractivity contribution in [3.8, 4) is 11.5 Å². The largest absolute Gasteiger partial charge is 0.486 e. The Morgan fingerprint density at radius 2 is 2.06 bits per heavy atom. The van der Waals surface area contributed by atoms with Gasteiger partial charge in [-0.25, -0.2) is 0 Å². The lowest BCUT2D eigenvalue weighted by atomic mass is 10.2. The molecule has 0 bridgehead atoms. The quantitative estimate of drug-likeness (QED) is 0.919. The van der Waals surface area contributed by atoms with E-state index in [0.717, 1.165) is 21.5 Å². The summed E-state index contributed by atoms with van der Waals surface area (Å²) < 4.78 is 12.0. The Kier molecular flexibility index (Phi) is 4.40. The van der Waals surface area contributed by atoms with Gasteiger partial charge in [0.05, 0.1) is 5.25 Å². The molecule has 1 aliphatic rings. The van der Waals surface area contributed by atoms with Gasteiger partial charge in [0.25, 0.3) is 0 Å². The summed E-state index contributed by atoms with van der Waals surface area (Å²) in [4.78, 5) is 11.0. The molecule has 0 aliphatic carbocycles. The van der Waals surface area contributed by atoms with Gasteiger partial charge in [-0.2, -0.15) is 0 Å². The third-order valence-electron chi connectivity index (χ3n) is 2.60. The lowest BCUT2D eigenvalue weighted by Gasteiger charge is -2.20. The predicted molar refractivity (Wildman–Crippen MR) is 75.1 cm³/mol. The Balaban J connectivity index is 2.11. The first-order valence-electron chi connectivity index (χ1n) is 5.57. The van der Waals surface area contributed by atoms with E-state index in [1.165, 1.54) is 11.8 Å². The summed E-state index contributed by atoms with van der Waals surface area (Å²) in [5, 5.41) is -0.204. The molecule has 1 aliphatic heterocycles. The lowest BCUT2D eigenvalue weighted by molar-refractivity contribution is -0.117. The van der Waals surface area contributed by atoms with Gasteiger partial charge in [0, 0.05) is 10.2 Å². The van der Waals surface area contributed by atoms with E-state index in [1.54, 1.807) is 6.92 Å². The summed E-state index contributed by atoms with van der Waals surface area (Å²) in [7, 11) is 0. The van der Waals surface area contributed by atoms with Gasteiger partial charge in [-0.1, -0.05) is 15.9 Å². The van der Waals surface area contributed by atoms with Crippen LogP contribution in [-0.4, -0.2) is 24.4 Å². The SMILES string of the molecule is CC(SCc1cc2c(cc1Br)OCCO2)C(N)=O. The number of amides is 1. The number of carbonyl (C=O) groups excluding carboxylic acids is 1. The highest BCUT2D eigenvalue weighted by Gasteiger charge is 2.16. The molecule has 0 saturated heterocycles. The van der Waals surface area contributed by atoms with Gasteiger partial charge in [-0.15, -0.1) is 11.8 Å². The van der Waals surface area contributed by atoms with E-state index in [0.29, 0.717) is 19.0 Å². The number of thioether (sulfide) groups is 1. The standard InChI is InChI=1S/C12H14BrNO3S/c1-7(12(14)15)18-6-8-4-10-11(5-9(8)13)17-3-2-16-10/h4-5,7H,2-3,6H2,1H3,(H2,14,15). The number of carbonyl (C=O) groups is 1. The Bertz CT molecular complexity index is 467. The fourth-order valence-corrected chi connectivity index (χ4v) is 2.99. The van der Waals surface area contributed by atoms with Crippen LogP contribution in [0.2, 0.25) is 0 Å². The van der Waals surface area contributed by atoms with Crippen LogP contribution in [0.25, 0.3) is 0 Å². The normalized spacial score (nSPS) is 15.2. The third-order valence-corrected chi connectivity index (χ3v) is 4.55. The minimum atomic E-state index is -0.298. The van der Waals surface area contributed by atoms with Gasteiger partial charge < -0.3 is 15.2 Å². The zero-order chi connectivity index (χ0) is 13.1. The number of ether oxygens (including phenoxy) is 2. The van der Waals surface area contributed by atoms with Gasteiger partial charge in [-0.05, 0) is 24.6 Å². The highest BCUT2D eigenvalue weighted by atomic mass is 79.9. The van der Waals surface area contributed by atoms with Crippen molar-refractivity contribution in [1.29, 1.82) is 0 Å². The molecule has 18 heavy (non-hydrogen) atoms. The highest BCUT2D eigenvalue weighted by molar-refractivity contribution is 9.10. The van der Waals surface area contributed by atoms with Crippen LogP contribution in [0, 0.1) is 0 Å². The molecule has 1 amide bonds. The predicted octanol–water partition coefficient (Wildman–Crippen LogP) is 2.33. The lowest BCUT2D eigenvalue weighted by Crippen LogP contribution is -2.22. The van der Waals surface area contributed by atoms with Crippen LogP contribution in [0.5, 0.6) is 11.5 Å². The van der Waals surface area contributed by atoms with Crippen molar-refractivity contribution in [1.82, 2.24) is 0 Å². The summed E-state index contributed by atoms with van der Waals surface area (Å²) in [6.07, 6.45) is 0. The Labute approximate surface area is 118 Å². The second-order valence-electron chi connectivity index (χ2n) is 3.94. The molecule has 1 unspecified atom stereocenters. The fourth-order valence-electron chi connectivity index (χ4n) is 1.51. The van der Waals surface area contributed by atoms with Crippen LogP contribution in [0.15, 0.2) is 16.6 Å². The van der Waals surface area contributed by atoms with Crippen LogP contribution < -0.4 is 15.2 Å². The van der Waals surface area contributed by atoms with Crippen LogP contribution in [0.1, 0.15) is 12.5 Å². The molecule has 2 rings (SSSR count). The van der Waals surface area contributed by atoms with E-state index in [4.69, 9.17) is 15.2 Å². The maximum absolute atomic E-state index is 11.0. The monoisotopic (exact) mass is 331 g/mol. The first kappa shape index (κ1) is 13.5. The second-order valence-corrected chi connectivity index (χ2v) is 6.13. The molecule has 1 aromatic rings. The maximum Gasteiger partial charge on any atom is 0.230 e. The Morgan fingerprint density at radius 3 is 2.67 bits per heavy atom. The van der Waals surface area contributed by atoms with Crippen molar-refractivity contribution in [3.05, 3.63) is 22.2 Å². The first-order chi connectivity index (χ1) is 8.58. The number of rotatable bonds is 4. The zero-order valence-corrected chi connectivity index (χ0v) is 12.3. The van der Waals surface area contributed by atoms with E-state index >= 15 is 0 Å². The Morgan fingerprint density at radius 1 is 1.44 bits per heavy atom. The summed E-state index contributed by atoms with van der Waals surface area (Å²) in [5.74, 6) is 1.91. The number of halogens is 1. The topological polar surface area (TPSA) is 61.6 Å². The fraction of sp³-hybridized carbons (Fsp3) is 0.417. The summed E-state index contributed by atoms with van der Waals surface area (Å²) in [6.45, 7) is 2.95. The van der Waals surface area contributed by atoms with Gasteiger partial charge in [0.1, 0.15) is 13.2 Å². The van der Waals surface area contributed by atoms with Crippen LogP contribution in [0.4, 0.5) is 0 Å². The van der Waals surface area contributed by atoms with Crippen LogP contribution in [0.3, 0.4) is 0 Å². The minimum absolute atomic E-state index is 0.204. The third kappa shape index (κ3) is 3.11. The van der Waals surface area contributed by atoms with Crippen LogP contribution in [-0.2, 0) is 10.5 Å². The van der Waals surface area contributed by atoms with E-state index in [2.05, 4.69) is 15.9 Å². The number of nitrogens with two attached hydrogens (primary N) is 1. The van der Waals surface area contributed by atoms with Gasteiger partial charge in [0.2, 0.25) is 5.91 Å². The van der Waals surface area contributed by atoms with Crippen molar-refractivity contribution in [3.63, 3.8) is 0 Å². The van der Waals surface area contributed by atoms with Crippen molar-refractivity contribution in [2.24, 2.45) is 5.73 Å². The van der Waals surface area contributed by atoms with E-state index in [9.17, 15) is 4.79 Å². The molecule has 1 atom stereocenters. The number of primary amides is 1. The number of benzene rings is 1. The average molecular weight is 332 g/mol. The molecule has 98 valence electrons. The molecule has 1 heterocycles. The molecular weight excluding hydrogens is 318 g/mol. The van der Waals surface area contributed by atoms with Crippen molar-refractivity contribution >= 4 is 33.6 Å². The molecule has 0 radical (unpaired) electrons. The molecule has 0 fully saturated rings. The maximum atomic E-state index is 11.0. The number of hydrogen-bond donors (Lipinski definition) is 1. The minimum Gasteiger partial charge on any atom is -0.486 e. The average Bonchev–Trinajstić information content (AvgIpc) is 2.35. The van der Waals surface area contributed by atoms with Crippen LogP contribution >= 0.6 is 27.7 Å². The number of hydrogen-bond acceptors (Lipinski definition) is 4. The Hall–Kier alpha value is -0.880. The molecular formula is C12H14BrNO3S. The van der Waals surface area contributed by atoms with E-state index in [1.807, 2.05) is 12.1 Å².